The molecule has 1 N–H and O–H groups in total. The number of aromatic nitrogens is 1. The third-order valence-corrected chi connectivity index (χ3v) is 7.42. The smallest absolute Gasteiger partial charge is 0.278 e. The van der Waals surface area contributed by atoms with Crippen molar-refractivity contribution in [3.05, 3.63) is 106 Å². The highest BCUT2D eigenvalue weighted by atomic mass is 19.1. The molecule has 2 atom stereocenters. The molecule has 3 heterocycles. The van der Waals surface area contributed by atoms with Gasteiger partial charge >= 0.3 is 0 Å². The Morgan fingerprint density at radius 3 is 2.67 bits per heavy atom. The van der Waals surface area contributed by atoms with Crippen LogP contribution in [0.15, 0.2) is 77.7 Å². The van der Waals surface area contributed by atoms with Crippen LogP contribution >= 0.6 is 0 Å². The average Bonchev–Trinajstić information content (AvgIpc) is 3.75. The maximum absolute atomic E-state index is 15.3. The number of amides is 1. The van der Waals surface area contributed by atoms with Crippen LogP contribution in [0.2, 0.25) is 0 Å². The van der Waals surface area contributed by atoms with Crippen LogP contribution in [0.25, 0.3) is 0 Å². The molecule has 1 fully saturated rings. The van der Waals surface area contributed by atoms with Crippen molar-refractivity contribution >= 4 is 5.91 Å². The van der Waals surface area contributed by atoms with Crippen LogP contribution in [0.1, 0.15) is 40.5 Å². The number of fused-ring (bicyclic) bond motifs is 6. The minimum Gasteiger partial charge on any atom is -0.486 e. The van der Waals surface area contributed by atoms with Crippen LogP contribution in [0.4, 0.5) is 4.39 Å². The van der Waals surface area contributed by atoms with Crippen molar-refractivity contribution in [3.8, 4) is 11.5 Å². The lowest BCUT2D eigenvalue weighted by Crippen LogP contribution is -2.58. The molecule has 2 aromatic carbocycles. The van der Waals surface area contributed by atoms with Gasteiger partial charge in [0, 0.05) is 24.9 Å². The SMILES string of the molecule is COC(O)OCOc1c2n(ccc1=O)N1CN(C2=O)C2(/C=C/COc3c(F)cccc3[C@H]1c1ccccc1)CC2. The van der Waals surface area contributed by atoms with Crippen molar-refractivity contribution < 1.29 is 33.2 Å². The van der Waals surface area contributed by atoms with Crippen molar-refractivity contribution in [2.75, 3.05) is 32.2 Å². The van der Waals surface area contributed by atoms with Crippen molar-refractivity contribution in [2.45, 2.75) is 30.9 Å². The number of carbonyl (C=O) groups is 1. The van der Waals surface area contributed by atoms with E-state index in [0.29, 0.717) is 5.56 Å². The quantitative estimate of drug-likeness (QED) is 0.370. The van der Waals surface area contributed by atoms with Gasteiger partial charge in [-0.05, 0) is 30.5 Å². The molecule has 208 valence electrons. The molecule has 3 aliphatic rings. The van der Waals surface area contributed by atoms with Crippen molar-refractivity contribution in [1.29, 1.82) is 0 Å². The number of rotatable bonds is 6. The average molecular weight is 550 g/mol. The van der Waals surface area contributed by atoms with Gasteiger partial charge in [0.2, 0.25) is 11.2 Å². The fourth-order valence-corrected chi connectivity index (χ4v) is 5.33. The highest BCUT2D eigenvalue weighted by molar-refractivity contribution is 5.97. The second kappa shape index (κ2) is 10.4. The molecule has 10 nitrogen and oxygen atoms in total. The Bertz CT molecular complexity index is 1510. The molecule has 6 rings (SSSR count). The van der Waals surface area contributed by atoms with Crippen LogP contribution in [-0.2, 0) is 9.47 Å². The number of para-hydroxylation sites is 1. The fraction of sp³-hybridized carbons (Fsp3) is 0.310. The summed E-state index contributed by atoms with van der Waals surface area (Å²) in [7, 11) is 1.24. The molecule has 1 saturated carbocycles. The predicted molar refractivity (Wildman–Crippen MR) is 141 cm³/mol. The Kier molecular flexibility index (Phi) is 6.78. The molecular formula is C29H28FN3O7. The van der Waals surface area contributed by atoms with E-state index in [-0.39, 0.29) is 30.5 Å². The Hall–Kier alpha value is -4.19. The standard InChI is InChI=1S/C29H28FN3O7/c1-37-28(36)40-18-39-26-22(34)11-15-32-24(26)27(35)31-17-33(32)23(19-7-3-2-4-8-19)20-9-5-10-21(30)25(20)38-16-6-12-29(31)13-14-29/h2-12,15,23,28,36H,13-14,16-18H2,1H3/b12-6+/t23-,28?/m1/s1. The number of carbonyl (C=O) groups excluding carboxylic acids is 1. The van der Waals surface area contributed by atoms with E-state index in [0.717, 1.165) is 18.4 Å². The second-order valence-electron chi connectivity index (χ2n) is 9.78. The van der Waals surface area contributed by atoms with E-state index < -0.39 is 42.0 Å². The van der Waals surface area contributed by atoms with Crippen molar-refractivity contribution in [3.63, 3.8) is 0 Å². The molecular weight excluding hydrogens is 521 g/mol. The van der Waals surface area contributed by atoms with Gasteiger partial charge in [-0.1, -0.05) is 48.5 Å². The molecule has 1 spiro atoms. The zero-order chi connectivity index (χ0) is 27.9. The molecule has 3 aromatic rings. The predicted octanol–water partition coefficient (Wildman–Crippen LogP) is 2.88. The van der Waals surface area contributed by atoms with E-state index in [4.69, 9.17) is 14.2 Å². The zero-order valence-corrected chi connectivity index (χ0v) is 21.7. The Balaban J connectivity index is 1.57. The number of aliphatic hydroxyl groups is 1. The summed E-state index contributed by atoms with van der Waals surface area (Å²) in [6.07, 6.45) is 6.67. The topological polar surface area (TPSA) is 103 Å². The fourth-order valence-electron chi connectivity index (χ4n) is 5.33. The van der Waals surface area contributed by atoms with Gasteiger partial charge in [-0.25, -0.2) is 4.39 Å². The number of pyridine rings is 1. The van der Waals surface area contributed by atoms with Gasteiger partial charge < -0.3 is 24.2 Å². The van der Waals surface area contributed by atoms with Crippen LogP contribution in [0, 0.1) is 5.82 Å². The molecule has 11 heteroatoms. The molecule has 1 aromatic heterocycles. The second-order valence-corrected chi connectivity index (χ2v) is 9.78. The normalized spacial score (nSPS) is 20.6. The first-order chi connectivity index (χ1) is 19.4. The van der Waals surface area contributed by atoms with Crippen molar-refractivity contribution in [1.82, 2.24) is 9.58 Å². The molecule has 1 amide bonds. The van der Waals surface area contributed by atoms with Gasteiger partial charge in [0.25, 0.3) is 12.4 Å². The lowest BCUT2D eigenvalue weighted by molar-refractivity contribution is -0.270. The maximum atomic E-state index is 15.3. The minimum atomic E-state index is -1.57. The number of aliphatic hydroxyl groups excluding tert-OH is 1. The summed E-state index contributed by atoms with van der Waals surface area (Å²) in [6, 6.07) is 14.9. The first-order valence-corrected chi connectivity index (χ1v) is 12.9. The van der Waals surface area contributed by atoms with Crippen LogP contribution in [0.5, 0.6) is 11.5 Å². The zero-order valence-electron chi connectivity index (χ0n) is 21.7. The molecule has 0 radical (unpaired) electrons. The third kappa shape index (κ3) is 4.51. The molecule has 2 bridgehead atoms. The summed E-state index contributed by atoms with van der Waals surface area (Å²) in [4.78, 5) is 28.9. The molecule has 1 aliphatic carbocycles. The number of ether oxygens (including phenoxy) is 4. The van der Waals surface area contributed by atoms with Gasteiger partial charge in [0.05, 0.1) is 5.54 Å². The number of benzene rings is 2. The largest absolute Gasteiger partial charge is 0.486 e. The lowest BCUT2D eigenvalue weighted by Gasteiger charge is -2.46. The summed E-state index contributed by atoms with van der Waals surface area (Å²) in [5, 5.41) is 11.5. The minimum absolute atomic E-state index is 0.00650. The molecule has 40 heavy (non-hydrogen) atoms. The van der Waals surface area contributed by atoms with Gasteiger partial charge in [-0.2, -0.15) is 0 Å². The summed E-state index contributed by atoms with van der Waals surface area (Å²) in [6.45, 7) is -1.84. The van der Waals surface area contributed by atoms with Crippen LogP contribution in [0.3, 0.4) is 0 Å². The Labute approximate surface area is 229 Å². The summed E-state index contributed by atoms with van der Waals surface area (Å²) in [5.41, 5.74) is 0.245. The van der Waals surface area contributed by atoms with Gasteiger partial charge in [-0.3, -0.25) is 24.0 Å². The van der Waals surface area contributed by atoms with E-state index in [9.17, 15) is 14.7 Å². The number of halogens is 1. The molecule has 0 saturated heterocycles. The first kappa shape index (κ1) is 26.1. The van der Waals surface area contributed by atoms with Crippen molar-refractivity contribution in [2.24, 2.45) is 0 Å². The molecule has 1 unspecified atom stereocenters. The van der Waals surface area contributed by atoms with E-state index in [2.05, 4.69) is 4.74 Å². The number of nitrogens with zero attached hydrogens (tertiary/aromatic N) is 3. The summed E-state index contributed by atoms with van der Waals surface area (Å²) >= 11 is 0. The van der Waals surface area contributed by atoms with E-state index in [1.54, 1.807) is 27.8 Å². The van der Waals surface area contributed by atoms with E-state index >= 15 is 4.39 Å². The van der Waals surface area contributed by atoms with E-state index in [1.807, 2.05) is 41.4 Å². The maximum Gasteiger partial charge on any atom is 0.278 e. The Morgan fingerprint density at radius 1 is 1.12 bits per heavy atom. The monoisotopic (exact) mass is 549 g/mol. The van der Waals surface area contributed by atoms with Gasteiger partial charge in [0.15, 0.2) is 24.1 Å². The van der Waals surface area contributed by atoms with Gasteiger partial charge in [0.1, 0.15) is 19.3 Å². The summed E-state index contributed by atoms with van der Waals surface area (Å²) in [5.74, 6) is -1.03. The van der Waals surface area contributed by atoms with Crippen LogP contribution < -0.4 is 19.9 Å². The summed E-state index contributed by atoms with van der Waals surface area (Å²) < 4.78 is 38.1. The number of methoxy groups -OCH3 is 1. The highest BCUT2D eigenvalue weighted by Crippen LogP contribution is 2.47. The first-order valence-electron chi connectivity index (χ1n) is 12.9. The van der Waals surface area contributed by atoms with Crippen LogP contribution in [-0.4, -0.2) is 59.8 Å². The lowest BCUT2D eigenvalue weighted by atomic mass is 9.96. The Morgan fingerprint density at radius 2 is 1.93 bits per heavy atom. The van der Waals surface area contributed by atoms with Gasteiger partial charge in [-0.15, -0.1) is 0 Å². The molecule has 2 aliphatic heterocycles. The highest BCUT2D eigenvalue weighted by Gasteiger charge is 2.52. The van der Waals surface area contributed by atoms with E-state index in [1.165, 1.54) is 25.4 Å². The number of hydrogen-bond donors (Lipinski definition) is 1. The third-order valence-electron chi connectivity index (χ3n) is 7.42. The number of hydrogen-bond acceptors (Lipinski definition) is 8.